The molecule has 3 rings (SSSR count). The molecule has 2 N–H and O–H groups in total. The molecule has 0 aliphatic carbocycles. The molecular formula is C24H24N2O5S. The van der Waals surface area contributed by atoms with Crippen LogP contribution < -0.4 is 15.2 Å². The molecule has 0 aromatic heterocycles. The fraction of sp³-hybridized carbons (Fsp3) is 0.250. The first kappa shape index (κ1) is 23.1. The smallest absolute Gasteiger partial charge is 0.338 e. The average Bonchev–Trinajstić information content (AvgIpc) is 2.79. The molecule has 1 aliphatic heterocycles. The molecule has 166 valence electrons. The van der Waals surface area contributed by atoms with Gasteiger partial charge < -0.3 is 24.7 Å². The predicted molar refractivity (Wildman–Crippen MR) is 120 cm³/mol. The number of carbonyl (C=O) groups is 1. The number of esters is 1. The fourth-order valence-electron chi connectivity index (χ4n) is 3.46. The van der Waals surface area contributed by atoms with Crippen molar-refractivity contribution >= 4 is 17.7 Å². The number of nitrogens with two attached hydrogens (primary N) is 1. The first-order valence-electron chi connectivity index (χ1n) is 9.89. The largest absolute Gasteiger partial charge is 0.497 e. The van der Waals surface area contributed by atoms with Gasteiger partial charge in [0.1, 0.15) is 28.9 Å². The number of hydrogen-bond donors (Lipinski definition) is 1. The number of allylic oxidation sites excluding steroid dienone is 2. The van der Waals surface area contributed by atoms with Gasteiger partial charge in [0.2, 0.25) is 5.88 Å². The van der Waals surface area contributed by atoms with Crippen LogP contribution in [0.2, 0.25) is 0 Å². The van der Waals surface area contributed by atoms with Crippen LogP contribution in [0, 0.1) is 11.3 Å². The summed E-state index contributed by atoms with van der Waals surface area (Å²) < 4.78 is 21.6. The molecule has 7 nitrogen and oxygen atoms in total. The molecule has 0 saturated heterocycles. The van der Waals surface area contributed by atoms with Gasteiger partial charge in [-0.15, -0.1) is 0 Å². The topological polar surface area (TPSA) is 104 Å². The van der Waals surface area contributed by atoms with Gasteiger partial charge in [-0.3, -0.25) is 0 Å². The van der Waals surface area contributed by atoms with Crippen molar-refractivity contribution in [2.75, 3.05) is 20.8 Å². The number of hydrogen-bond acceptors (Lipinski definition) is 8. The van der Waals surface area contributed by atoms with Gasteiger partial charge >= 0.3 is 5.97 Å². The molecule has 0 radical (unpaired) electrons. The third-order valence-corrected chi connectivity index (χ3v) is 6.05. The average molecular weight is 453 g/mol. The summed E-state index contributed by atoms with van der Waals surface area (Å²) in [5, 5.41) is 9.85. The molecule has 1 aliphatic rings. The molecule has 0 amide bonds. The number of ether oxygens (including phenoxy) is 4. The van der Waals surface area contributed by atoms with Crippen molar-refractivity contribution in [1.29, 1.82) is 5.26 Å². The summed E-state index contributed by atoms with van der Waals surface area (Å²) in [4.78, 5) is 14.5. The number of rotatable bonds is 7. The first-order chi connectivity index (χ1) is 15.4. The molecule has 8 heteroatoms. The van der Waals surface area contributed by atoms with Gasteiger partial charge in [-0.05, 0) is 43.7 Å². The Morgan fingerprint density at radius 2 is 1.94 bits per heavy atom. The summed E-state index contributed by atoms with van der Waals surface area (Å²) in [7, 11) is 3.19. The number of methoxy groups -OCH3 is 2. The number of nitrogens with zero attached hydrogens (tertiary/aromatic N) is 1. The van der Waals surface area contributed by atoms with E-state index in [1.807, 2.05) is 42.5 Å². The first-order valence-corrected chi connectivity index (χ1v) is 10.7. The Labute approximate surface area is 191 Å². The fourth-order valence-corrected chi connectivity index (χ4v) is 4.57. The van der Waals surface area contributed by atoms with Gasteiger partial charge in [0.25, 0.3) is 0 Å². The van der Waals surface area contributed by atoms with E-state index in [-0.39, 0.29) is 23.6 Å². The summed E-state index contributed by atoms with van der Waals surface area (Å²) in [5.41, 5.74) is 7.17. The monoisotopic (exact) mass is 452 g/mol. The third-order valence-electron chi connectivity index (χ3n) is 4.92. The van der Waals surface area contributed by atoms with E-state index in [1.165, 1.54) is 11.8 Å². The van der Waals surface area contributed by atoms with Crippen molar-refractivity contribution < 1.29 is 23.7 Å². The Morgan fingerprint density at radius 1 is 1.19 bits per heavy atom. The van der Waals surface area contributed by atoms with Crippen LogP contribution in [0.25, 0.3) is 0 Å². The van der Waals surface area contributed by atoms with Crippen LogP contribution in [-0.2, 0) is 14.3 Å². The second-order valence-corrected chi connectivity index (χ2v) is 7.86. The Balaban J connectivity index is 2.16. The maximum absolute atomic E-state index is 12.8. The van der Waals surface area contributed by atoms with Crippen LogP contribution in [-0.4, -0.2) is 26.8 Å². The van der Waals surface area contributed by atoms with E-state index in [1.54, 1.807) is 28.1 Å². The minimum Gasteiger partial charge on any atom is -0.497 e. The highest BCUT2D eigenvalue weighted by Gasteiger charge is 2.37. The van der Waals surface area contributed by atoms with Gasteiger partial charge in [0, 0.05) is 4.90 Å². The maximum atomic E-state index is 12.8. The molecule has 0 bridgehead atoms. The van der Waals surface area contributed by atoms with E-state index in [4.69, 9.17) is 24.7 Å². The summed E-state index contributed by atoms with van der Waals surface area (Å²) in [5.74, 6) is 0.361. The van der Waals surface area contributed by atoms with Gasteiger partial charge in [0.15, 0.2) is 0 Å². The predicted octanol–water partition coefficient (Wildman–Crippen LogP) is 4.50. The van der Waals surface area contributed by atoms with E-state index < -0.39 is 11.9 Å². The molecule has 0 saturated carbocycles. The summed E-state index contributed by atoms with van der Waals surface area (Å²) in [6.07, 6.45) is 0. The van der Waals surface area contributed by atoms with Crippen molar-refractivity contribution in [3.8, 4) is 17.6 Å². The number of carbonyl (C=O) groups excluding carboxylic acids is 1. The molecule has 1 unspecified atom stereocenters. The second-order valence-electron chi connectivity index (χ2n) is 6.77. The van der Waals surface area contributed by atoms with Crippen LogP contribution in [0.15, 0.2) is 75.0 Å². The van der Waals surface area contributed by atoms with Crippen LogP contribution in [0.1, 0.15) is 25.3 Å². The van der Waals surface area contributed by atoms with Crippen molar-refractivity contribution in [3.05, 3.63) is 70.8 Å². The molecule has 2 aromatic carbocycles. The van der Waals surface area contributed by atoms with Crippen LogP contribution >= 0.6 is 11.8 Å². The highest BCUT2D eigenvalue weighted by molar-refractivity contribution is 7.99. The van der Waals surface area contributed by atoms with Crippen molar-refractivity contribution in [3.63, 3.8) is 0 Å². The van der Waals surface area contributed by atoms with E-state index in [9.17, 15) is 10.1 Å². The molecule has 2 aromatic rings. The van der Waals surface area contributed by atoms with Crippen LogP contribution in [0.4, 0.5) is 0 Å². The SMILES string of the molecule is CCOC(=O)C1=C(C)OC(N)=C(C#N)C1c1ccccc1Sc1cc(OC)ccc1OC. The van der Waals surface area contributed by atoms with E-state index in [0.29, 0.717) is 17.3 Å². The molecule has 0 fully saturated rings. The standard InChI is InChI=1S/C24H24N2O5S/c1-5-30-24(27)21-14(2)31-23(26)17(13-25)22(21)16-8-6-7-9-19(16)32-20-12-15(28-3)10-11-18(20)29-4/h6-12,22H,5,26H2,1-4H3. The van der Waals surface area contributed by atoms with Gasteiger partial charge in [-0.2, -0.15) is 5.26 Å². The van der Waals surface area contributed by atoms with Gasteiger partial charge in [0.05, 0.1) is 37.2 Å². The van der Waals surface area contributed by atoms with E-state index >= 15 is 0 Å². The quantitative estimate of drug-likeness (QED) is 0.613. The zero-order chi connectivity index (χ0) is 23.3. The maximum Gasteiger partial charge on any atom is 0.338 e. The Bertz CT molecular complexity index is 1130. The van der Waals surface area contributed by atoms with Gasteiger partial charge in [-0.1, -0.05) is 30.0 Å². The number of nitriles is 1. The normalized spacial score (nSPS) is 15.7. The Hall–Kier alpha value is -3.57. The summed E-state index contributed by atoms with van der Waals surface area (Å²) >= 11 is 1.44. The van der Waals surface area contributed by atoms with Crippen LogP contribution in [0.5, 0.6) is 11.5 Å². The number of benzene rings is 2. The zero-order valence-corrected chi connectivity index (χ0v) is 19.1. The lowest BCUT2D eigenvalue weighted by atomic mass is 9.83. The van der Waals surface area contributed by atoms with E-state index in [0.717, 1.165) is 15.4 Å². The van der Waals surface area contributed by atoms with Crippen molar-refractivity contribution in [2.45, 2.75) is 29.6 Å². The molecular weight excluding hydrogens is 428 g/mol. The second kappa shape index (κ2) is 10.2. The minimum atomic E-state index is -0.729. The zero-order valence-electron chi connectivity index (χ0n) is 18.3. The molecule has 1 atom stereocenters. The van der Waals surface area contributed by atoms with Crippen LogP contribution in [0.3, 0.4) is 0 Å². The minimum absolute atomic E-state index is 0.0261. The lowest BCUT2D eigenvalue weighted by Gasteiger charge is -2.28. The lowest BCUT2D eigenvalue weighted by molar-refractivity contribution is -0.139. The lowest BCUT2D eigenvalue weighted by Crippen LogP contribution is -2.25. The highest BCUT2D eigenvalue weighted by atomic mass is 32.2. The molecule has 0 spiro atoms. The van der Waals surface area contributed by atoms with Gasteiger partial charge in [-0.25, -0.2) is 4.79 Å². The summed E-state index contributed by atoms with van der Waals surface area (Å²) in [6.45, 7) is 3.56. The van der Waals surface area contributed by atoms with Crippen molar-refractivity contribution in [1.82, 2.24) is 0 Å². The van der Waals surface area contributed by atoms with E-state index in [2.05, 4.69) is 6.07 Å². The molecule has 1 heterocycles. The Morgan fingerprint density at radius 3 is 2.59 bits per heavy atom. The highest BCUT2D eigenvalue weighted by Crippen LogP contribution is 2.46. The Kier molecular flexibility index (Phi) is 7.33. The molecule has 32 heavy (non-hydrogen) atoms. The van der Waals surface area contributed by atoms with Crippen molar-refractivity contribution in [2.24, 2.45) is 5.73 Å². The third kappa shape index (κ3) is 4.53. The summed E-state index contributed by atoms with van der Waals surface area (Å²) in [6, 6.07) is 15.1.